The van der Waals surface area contributed by atoms with Gasteiger partial charge in [0.15, 0.2) is 10.8 Å². The Balaban J connectivity index is 3.71. The normalized spacial score (nSPS) is 27.5. The predicted octanol–water partition coefficient (Wildman–Crippen LogP) is 0.618. The van der Waals surface area contributed by atoms with Gasteiger partial charge in [0.25, 0.3) is 0 Å². The first-order valence-corrected chi connectivity index (χ1v) is 7.09. The molecule has 112 valence electrons. The van der Waals surface area contributed by atoms with Gasteiger partial charge >= 0.3 is 23.9 Å². The van der Waals surface area contributed by atoms with Crippen molar-refractivity contribution in [2.45, 2.75) is 22.5 Å². The van der Waals surface area contributed by atoms with Crippen LogP contribution in [-0.2, 0) is 19.2 Å². The van der Waals surface area contributed by atoms with E-state index in [2.05, 4.69) is 31.9 Å². The molecule has 0 bridgehead atoms. The highest BCUT2D eigenvalue weighted by Crippen LogP contribution is 2.55. The summed E-state index contributed by atoms with van der Waals surface area (Å²) in [5, 5.41) is 37.0. The maximum atomic E-state index is 11.5. The fraction of sp³-hybridized carbons (Fsp3) is 0.600. The van der Waals surface area contributed by atoms with Crippen LogP contribution in [0, 0.1) is 10.8 Å². The Morgan fingerprint density at radius 3 is 1.05 bits per heavy atom. The van der Waals surface area contributed by atoms with Gasteiger partial charge in [-0.1, -0.05) is 31.9 Å². The number of alkyl halides is 2. The SMILES string of the molecule is O=C(O)C1(C(=O)O)CC(Br)C(Br)CC1(C(=O)O)C(=O)O. The first kappa shape index (κ1) is 16.9. The molecule has 0 aromatic heterocycles. The number of carboxylic acid groups (broad SMARTS) is 4. The molecule has 0 aromatic carbocycles. The maximum Gasteiger partial charge on any atom is 0.322 e. The molecule has 1 fully saturated rings. The van der Waals surface area contributed by atoms with E-state index in [0.717, 1.165) is 0 Å². The summed E-state index contributed by atoms with van der Waals surface area (Å²) in [6.07, 6.45) is -1.35. The summed E-state index contributed by atoms with van der Waals surface area (Å²) in [6.45, 7) is 0. The molecule has 1 aliphatic carbocycles. The Morgan fingerprint density at radius 1 is 0.700 bits per heavy atom. The van der Waals surface area contributed by atoms with Gasteiger partial charge < -0.3 is 20.4 Å². The Kier molecular flexibility index (Phi) is 4.49. The maximum absolute atomic E-state index is 11.5. The van der Waals surface area contributed by atoms with Crippen molar-refractivity contribution < 1.29 is 39.6 Å². The summed E-state index contributed by atoms with van der Waals surface area (Å²) >= 11 is 6.11. The van der Waals surface area contributed by atoms with E-state index in [0.29, 0.717) is 0 Å². The van der Waals surface area contributed by atoms with Crippen molar-refractivity contribution in [2.75, 3.05) is 0 Å². The number of rotatable bonds is 4. The van der Waals surface area contributed by atoms with E-state index in [1.165, 1.54) is 0 Å². The van der Waals surface area contributed by atoms with Crippen LogP contribution in [0.5, 0.6) is 0 Å². The summed E-state index contributed by atoms with van der Waals surface area (Å²) in [7, 11) is 0. The van der Waals surface area contributed by atoms with Crippen molar-refractivity contribution in [1.29, 1.82) is 0 Å². The number of hydrogen-bond acceptors (Lipinski definition) is 4. The Labute approximate surface area is 129 Å². The van der Waals surface area contributed by atoms with Crippen LogP contribution in [0.3, 0.4) is 0 Å². The molecule has 1 aliphatic rings. The Hall–Kier alpha value is -1.16. The van der Waals surface area contributed by atoms with E-state index < -0.39 is 57.2 Å². The zero-order valence-corrected chi connectivity index (χ0v) is 12.9. The first-order valence-electron chi connectivity index (χ1n) is 5.25. The predicted molar refractivity (Wildman–Crippen MR) is 70.1 cm³/mol. The van der Waals surface area contributed by atoms with Crippen LogP contribution in [-0.4, -0.2) is 54.0 Å². The minimum absolute atomic E-state index is 0.674. The summed E-state index contributed by atoms with van der Waals surface area (Å²) in [5.41, 5.74) is -5.91. The Morgan fingerprint density at radius 2 is 0.900 bits per heavy atom. The zero-order chi connectivity index (χ0) is 15.9. The molecule has 2 unspecified atom stereocenters. The van der Waals surface area contributed by atoms with E-state index in [9.17, 15) is 39.6 Å². The molecule has 2 atom stereocenters. The first-order chi connectivity index (χ1) is 9.04. The van der Waals surface area contributed by atoms with Gasteiger partial charge in [0.1, 0.15) is 0 Å². The number of aliphatic carboxylic acids is 4. The molecule has 1 rings (SSSR count). The fourth-order valence-corrected chi connectivity index (χ4v) is 3.80. The molecule has 0 aliphatic heterocycles. The second-order valence-electron chi connectivity index (χ2n) is 4.47. The molecule has 0 heterocycles. The van der Waals surface area contributed by atoms with Crippen LogP contribution < -0.4 is 0 Å². The van der Waals surface area contributed by atoms with E-state index in [4.69, 9.17) is 0 Å². The Bertz CT molecular complexity index is 416. The summed E-state index contributed by atoms with van der Waals surface area (Å²) in [4.78, 5) is 44.4. The monoisotopic (exact) mass is 416 g/mol. The lowest BCUT2D eigenvalue weighted by molar-refractivity contribution is -0.199. The standard InChI is InChI=1S/C10H10Br2O8/c11-3-1-9(5(13)14,6(15)16)10(7(17)18,8(19)20)2-4(3)12/h3-4H,1-2H2,(H,13,14)(H,15,16)(H,17,18)(H,19,20). The van der Waals surface area contributed by atoms with E-state index in [1.807, 2.05) is 0 Å². The zero-order valence-electron chi connectivity index (χ0n) is 9.75. The quantitative estimate of drug-likeness (QED) is 0.384. The van der Waals surface area contributed by atoms with E-state index in [1.54, 1.807) is 0 Å². The van der Waals surface area contributed by atoms with Crippen molar-refractivity contribution in [3.63, 3.8) is 0 Å². The molecular weight excluding hydrogens is 408 g/mol. The third kappa shape index (κ3) is 2.01. The second-order valence-corrected chi connectivity index (χ2v) is 6.82. The summed E-state index contributed by atoms with van der Waals surface area (Å²) < 4.78 is 0. The molecule has 20 heavy (non-hydrogen) atoms. The van der Waals surface area contributed by atoms with Gasteiger partial charge in [-0.05, 0) is 12.8 Å². The number of hydrogen-bond donors (Lipinski definition) is 4. The number of carbonyl (C=O) groups is 4. The van der Waals surface area contributed by atoms with Crippen molar-refractivity contribution in [2.24, 2.45) is 10.8 Å². The van der Waals surface area contributed by atoms with Gasteiger partial charge in [0, 0.05) is 9.65 Å². The third-order valence-corrected chi connectivity index (χ3v) is 6.22. The summed E-state index contributed by atoms with van der Waals surface area (Å²) in [6, 6.07) is 0. The van der Waals surface area contributed by atoms with Crippen LogP contribution in [0.1, 0.15) is 12.8 Å². The van der Waals surface area contributed by atoms with Gasteiger partial charge in [-0.3, -0.25) is 19.2 Å². The highest BCUT2D eigenvalue weighted by molar-refractivity contribution is 9.12. The van der Waals surface area contributed by atoms with Crippen LogP contribution in [0.2, 0.25) is 0 Å². The van der Waals surface area contributed by atoms with E-state index in [-0.39, 0.29) is 0 Å². The van der Waals surface area contributed by atoms with E-state index >= 15 is 0 Å². The molecule has 1 saturated carbocycles. The minimum atomic E-state index is -2.96. The topological polar surface area (TPSA) is 149 Å². The molecule has 0 saturated heterocycles. The van der Waals surface area contributed by atoms with Crippen molar-refractivity contribution >= 4 is 55.7 Å². The van der Waals surface area contributed by atoms with Gasteiger partial charge in [-0.2, -0.15) is 0 Å². The smallest absolute Gasteiger partial charge is 0.322 e. The van der Waals surface area contributed by atoms with Gasteiger partial charge in [0.2, 0.25) is 0 Å². The lowest BCUT2D eigenvalue weighted by atomic mass is 9.55. The average Bonchev–Trinajstić information content (AvgIpc) is 2.30. The highest BCUT2D eigenvalue weighted by atomic mass is 79.9. The molecule has 8 nitrogen and oxygen atoms in total. The molecule has 4 N–H and O–H groups in total. The minimum Gasteiger partial charge on any atom is -0.480 e. The lowest BCUT2D eigenvalue weighted by Gasteiger charge is -2.45. The largest absolute Gasteiger partial charge is 0.480 e. The molecule has 10 heteroatoms. The van der Waals surface area contributed by atoms with Crippen molar-refractivity contribution in [3.05, 3.63) is 0 Å². The second kappa shape index (κ2) is 5.32. The average molecular weight is 418 g/mol. The summed E-state index contributed by atoms with van der Waals surface area (Å²) in [5.74, 6) is -7.95. The highest BCUT2D eigenvalue weighted by Gasteiger charge is 2.74. The molecule has 0 spiro atoms. The van der Waals surface area contributed by atoms with Crippen molar-refractivity contribution in [3.8, 4) is 0 Å². The molecule has 0 amide bonds. The number of carboxylic acids is 4. The molecule has 0 radical (unpaired) electrons. The van der Waals surface area contributed by atoms with Gasteiger partial charge in [-0.15, -0.1) is 0 Å². The number of halogens is 2. The molecule has 0 aromatic rings. The van der Waals surface area contributed by atoms with Crippen LogP contribution >= 0.6 is 31.9 Å². The third-order valence-electron chi connectivity index (χ3n) is 3.58. The van der Waals surface area contributed by atoms with Crippen LogP contribution in [0.4, 0.5) is 0 Å². The van der Waals surface area contributed by atoms with Crippen LogP contribution in [0.25, 0.3) is 0 Å². The van der Waals surface area contributed by atoms with Gasteiger partial charge in [0.05, 0.1) is 0 Å². The lowest BCUT2D eigenvalue weighted by Crippen LogP contribution is -2.65. The van der Waals surface area contributed by atoms with Gasteiger partial charge in [-0.25, -0.2) is 0 Å². The fourth-order valence-electron chi connectivity index (χ4n) is 2.45. The van der Waals surface area contributed by atoms with Crippen LogP contribution in [0.15, 0.2) is 0 Å². The molecular formula is C10H10Br2O8. The van der Waals surface area contributed by atoms with Crippen molar-refractivity contribution in [1.82, 2.24) is 0 Å².